The Labute approximate surface area is 102 Å². The van der Waals surface area contributed by atoms with Crippen LogP contribution >= 0.6 is 0 Å². The van der Waals surface area contributed by atoms with E-state index in [0.717, 1.165) is 0 Å². The number of pyridine rings is 1. The highest BCUT2D eigenvalue weighted by molar-refractivity contribution is 5.91. The smallest absolute Gasteiger partial charge is 0.374 e. The summed E-state index contributed by atoms with van der Waals surface area (Å²) < 4.78 is 35.6. The van der Waals surface area contributed by atoms with Gasteiger partial charge in [-0.05, 0) is 6.07 Å². The number of carbonyl (C=O) groups excluding carboxylic acids is 1. The Morgan fingerprint density at radius 3 is 2.61 bits per heavy atom. The third-order valence-electron chi connectivity index (χ3n) is 2.21. The van der Waals surface area contributed by atoms with E-state index in [4.69, 9.17) is 0 Å². The van der Waals surface area contributed by atoms with Crippen molar-refractivity contribution < 1.29 is 23.1 Å². The van der Waals surface area contributed by atoms with Crippen molar-refractivity contribution in [2.75, 3.05) is 6.54 Å². The van der Waals surface area contributed by atoms with Crippen molar-refractivity contribution in [2.45, 2.75) is 25.7 Å². The van der Waals surface area contributed by atoms with Crippen LogP contribution < -0.4 is 5.32 Å². The highest BCUT2D eigenvalue weighted by Gasteiger charge is 2.26. The first-order valence-corrected chi connectivity index (χ1v) is 5.24. The Hall–Kier alpha value is -1.47. The van der Waals surface area contributed by atoms with Crippen LogP contribution in [0.4, 0.5) is 13.2 Å². The fourth-order valence-corrected chi connectivity index (χ4v) is 1.24. The molecule has 1 aromatic rings. The summed E-state index contributed by atoms with van der Waals surface area (Å²) in [5.41, 5.74) is 0.545. The third-order valence-corrected chi connectivity index (χ3v) is 2.21. The molecule has 0 saturated heterocycles. The summed E-state index contributed by atoms with van der Waals surface area (Å²) in [7, 11) is 0. The van der Waals surface area contributed by atoms with Crippen molar-refractivity contribution in [2.24, 2.45) is 0 Å². The summed E-state index contributed by atoms with van der Waals surface area (Å²) in [6.45, 7) is 0.957. The molecule has 0 radical (unpaired) electrons. The van der Waals surface area contributed by atoms with Crippen LogP contribution in [0, 0.1) is 0 Å². The first-order valence-electron chi connectivity index (χ1n) is 5.24. The first kappa shape index (κ1) is 14.6. The Balaban J connectivity index is 2.51. The van der Waals surface area contributed by atoms with E-state index in [1.54, 1.807) is 0 Å². The molecule has 1 rings (SSSR count). The van der Waals surface area contributed by atoms with Gasteiger partial charge in [0, 0.05) is 25.2 Å². The van der Waals surface area contributed by atoms with Crippen LogP contribution in [0.1, 0.15) is 35.6 Å². The van der Waals surface area contributed by atoms with Gasteiger partial charge in [-0.2, -0.15) is 13.2 Å². The lowest BCUT2D eigenvalue weighted by Gasteiger charge is -2.13. The predicted octanol–water partition coefficient (Wildman–Crippen LogP) is 1.82. The fraction of sp³-hybridized carbons (Fsp3) is 0.455. The van der Waals surface area contributed by atoms with Gasteiger partial charge in [0.1, 0.15) is 11.9 Å². The Morgan fingerprint density at radius 2 is 2.17 bits per heavy atom. The second-order valence-electron chi connectivity index (χ2n) is 3.75. The lowest BCUT2D eigenvalue weighted by atomic mass is 10.2. The number of halogens is 3. The van der Waals surface area contributed by atoms with Crippen molar-refractivity contribution in [3.05, 3.63) is 29.6 Å². The molecule has 0 fully saturated rings. The Morgan fingerprint density at radius 1 is 1.50 bits per heavy atom. The average Bonchev–Trinajstić information content (AvgIpc) is 2.27. The van der Waals surface area contributed by atoms with Crippen LogP contribution in [0.25, 0.3) is 0 Å². The monoisotopic (exact) mass is 262 g/mol. The second kappa shape index (κ2) is 5.92. The van der Waals surface area contributed by atoms with Gasteiger partial charge in [0.15, 0.2) is 5.78 Å². The summed E-state index contributed by atoms with van der Waals surface area (Å²) in [6.07, 6.45) is -5.27. The summed E-state index contributed by atoms with van der Waals surface area (Å²) >= 11 is 0. The van der Waals surface area contributed by atoms with E-state index < -0.39 is 18.8 Å². The number of nitrogens with one attached hydrogen (secondary N) is 1. The zero-order valence-electron chi connectivity index (χ0n) is 9.66. The van der Waals surface area contributed by atoms with Crippen molar-refractivity contribution >= 4 is 5.78 Å². The van der Waals surface area contributed by atoms with Crippen LogP contribution in [0.15, 0.2) is 18.3 Å². The van der Waals surface area contributed by atoms with E-state index in [-0.39, 0.29) is 18.0 Å². The first-order chi connectivity index (χ1) is 8.29. The van der Waals surface area contributed by atoms with Crippen molar-refractivity contribution in [1.29, 1.82) is 0 Å². The molecule has 0 spiro atoms. The number of hydrogen-bond donors (Lipinski definition) is 2. The van der Waals surface area contributed by atoms with Crippen molar-refractivity contribution in [1.82, 2.24) is 10.3 Å². The SMILES string of the molecule is CC(=O)c1ccc(C(O)NCCC(F)(F)F)cn1. The number of aliphatic hydroxyl groups excluding tert-OH is 1. The molecule has 0 aliphatic rings. The average molecular weight is 262 g/mol. The minimum absolute atomic E-state index is 0.221. The van der Waals surface area contributed by atoms with Gasteiger partial charge in [0.2, 0.25) is 0 Å². The second-order valence-corrected chi connectivity index (χ2v) is 3.75. The van der Waals surface area contributed by atoms with Crippen LogP contribution in [0.5, 0.6) is 0 Å². The Bertz CT molecular complexity index is 404. The number of rotatable bonds is 5. The summed E-state index contributed by atoms with van der Waals surface area (Å²) in [4.78, 5) is 14.7. The molecule has 0 bridgehead atoms. The number of nitrogens with zero attached hydrogens (tertiary/aromatic N) is 1. The number of ketones is 1. The zero-order chi connectivity index (χ0) is 13.8. The number of aromatic nitrogens is 1. The van der Waals surface area contributed by atoms with E-state index in [2.05, 4.69) is 10.3 Å². The zero-order valence-corrected chi connectivity index (χ0v) is 9.66. The largest absolute Gasteiger partial charge is 0.390 e. The molecule has 0 aromatic carbocycles. The number of carbonyl (C=O) groups is 1. The van der Waals surface area contributed by atoms with Gasteiger partial charge in [0.05, 0.1) is 6.42 Å². The van der Waals surface area contributed by atoms with Gasteiger partial charge in [-0.25, -0.2) is 0 Å². The molecular weight excluding hydrogens is 249 g/mol. The highest BCUT2D eigenvalue weighted by Crippen LogP contribution is 2.19. The normalized spacial score (nSPS) is 13.4. The van der Waals surface area contributed by atoms with Crippen LogP contribution in [-0.2, 0) is 0 Å². The van der Waals surface area contributed by atoms with Crippen molar-refractivity contribution in [3.8, 4) is 0 Å². The van der Waals surface area contributed by atoms with E-state index in [1.807, 2.05) is 0 Å². The van der Waals surface area contributed by atoms with Crippen LogP contribution in [0.2, 0.25) is 0 Å². The molecular formula is C11H13F3N2O2. The van der Waals surface area contributed by atoms with Crippen LogP contribution in [0.3, 0.4) is 0 Å². The van der Waals surface area contributed by atoms with E-state index >= 15 is 0 Å². The molecule has 1 atom stereocenters. The van der Waals surface area contributed by atoms with E-state index in [9.17, 15) is 23.1 Å². The topological polar surface area (TPSA) is 62.2 Å². The lowest BCUT2D eigenvalue weighted by Crippen LogP contribution is -2.26. The molecule has 18 heavy (non-hydrogen) atoms. The quantitative estimate of drug-likeness (QED) is 0.627. The molecule has 0 aliphatic heterocycles. The lowest BCUT2D eigenvalue weighted by molar-refractivity contribution is -0.134. The molecule has 1 heterocycles. The van der Waals surface area contributed by atoms with E-state index in [1.165, 1.54) is 25.3 Å². The molecule has 100 valence electrons. The summed E-state index contributed by atoms with van der Waals surface area (Å²) in [6, 6.07) is 2.85. The fourth-order valence-electron chi connectivity index (χ4n) is 1.24. The third kappa shape index (κ3) is 4.80. The number of hydrogen-bond acceptors (Lipinski definition) is 4. The summed E-state index contributed by atoms with van der Waals surface area (Å²) in [5, 5.41) is 11.9. The van der Waals surface area contributed by atoms with Gasteiger partial charge < -0.3 is 5.11 Å². The van der Waals surface area contributed by atoms with Crippen molar-refractivity contribution in [3.63, 3.8) is 0 Å². The van der Waals surface area contributed by atoms with Gasteiger partial charge in [0.25, 0.3) is 0 Å². The van der Waals surface area contributed by atoms with Gasteiger partial charge >= 0.3 is 6.18 Å². The maximum Gasteiger partial charge on any atom is 0.390 e. The molecule has 7 heteroatoms. The maximum absolute atomic E-state index is 11.9. The summed E-state index contributed by atoms with van der Waals surface area (Å²) in [5.74, 6) is -0.221. The number of alkyl halides is 3. The van der Waals surface area contributed by atoms with E-state index in [0.29, 0.717) is 5.56 Å². The Kier molecular flexibility index (Phi) is 4.80. The maximum atomic E-state index is 11.9. The minimum atomic E-state index is -4.26. The number of Topliss-reactive ketones (excluding diaryl/α,β-unsaturated/α-hetero) is 1. The van der Waals surface area contributed by atoms with Gasteiger partial charge in [-0.15, -0.1) is 0 Å². The number of aliphatic hydroxyl groups is 1. The highest BCUT2D eigenvalue weighted by atomic mass is 19.4. The minimum Gasteiger partial charge on any atom is -0.374 e. The standard InChI is InChI=1S/C11H13F3N2O2/c1-7(17)9-3-2-8(6-16-9)10(18)15-5-4-11(12,13)14/h2-3,6,10,15,18H,4-5H2,1H3. The molecule has 0 saturated carbocycles. The van der Waals surface area contributed by atoms with Gasteiger partial charge in [-0.1, -0.05) is 6.07 Å². The molecule has 0 aliphatic carbocycles. The molecule has 4 nitrogen and oxygen atoms in total. The predicted molar refractivity (Wildman–Crippen MR) is 57.9 cm³/mol. The van der Waals surface area contributed by atoms with Gasteiger partial charge in [-0.3, -0.25) is 15.1 Å². The molecule has 1 unspecified atom stereocenters. The van der Waals surface area contributed by atoms with Crippen LogP contribution in [-0.4, -0.2) is 28.6 Å². The molecule has 2 N–H and O–H groups in total. The molecule has 0 amide bonds. The molecule has 1 aromatic heterocycles.